The van der Waals surface area contributed by atoms with E-state index in [9.17, 15) is 0 Å². The van der Waals surface area contributed by atoms with Crippen molar-refractivity contribution in [2.45, 2.75) is 49.8 Å². The SMILES string of the molecule is CNC(CC1Cc2ccccc21)C1CN2CCCC2CO1. The average molecular weight is 286 g/mol. The summed E-state index contributed by atoms with van der Waals surface area (Å²) in [5.74, 6) is 0.721. The monoisotopic (exact) mass is 286 g/mol. The molecule has 0 radical (unpaired) electrons. The first-order chi connectivity index (χ1) is 10.3. The molecule has 1 aromatic carbocycles. The molecule has 4 unspecified atom stereocenters. The summed E-state index contributed by atoms with van der Waals surface area (Å²) in [6.07, 6.45) is 5.48. The molecule has 0 aromatic heterocycles. The third-order valence-electron chi connectivity index (χ3n) is 5.74. The van der Waals surface area contributed by atoms with Gasteiger partial charge in [0.2, 0.25) is 0 Å². The Kier molecular flexibility index (Phi) is 3.74. The zero-order valence-corrected chi connectivity index (χ0v) is 12.9. The Balaban J connectivity index is 1.39. The molecule has 4 rings (SSSR count). The molecule has 3 aliphatic rings. The summed E-state index contributed by atoms with van der Waals surface area (Å²) in [6.45, 7) is 3.32. The largest absolute Gasteiger partial charge is 0.374 e. The molecule has 3 nitrogen and oxygen atoms in total. The maximum Gasteiger partial charge on any atom is 0.0855 e. The van der Waals surface area contributed by atoms with Gasteiger partial charge in [0, 0.05) is 18.6 Å². The van der Waals surface area contributed by atoms with E-state index in [1.807, 2.05) is 0 Å². The lowest BCUT2D eigenvalue weighted by molar-refractivity contribution is -0.0657. The predicted molar refractivity (Wildman–Crippen MR) is 84.7 cm³/mol. The first kappa shape index (κ1) is 13.7. The summed E-state index contributed by atoms with van der Waals surface area (Å²) in [5, 5.41) is 3.53. The fraction of sp³-hybridized carbons (Fsp3) is 0.667. The molecule has 4 atom stereocenters. The van der Waals surface area contributed by atoms with E-state index in [4.69, 9.17) is 4.74 Å². The number of ether oxygens (including phenoxy) is 1. The molecule has 21 heavy (non-hydrogen) atoms. The molecule has 2 saturated heterocycles. The molecule has 0 saturated carbocycles. The number of morpholine rings is 1. The average Bonchev–Trinajstić information content (AvgIpc) is 2.96. The van der Waals surface area contributed by atoms with Gasteiger partial charge in [-0.25, -0.2) is 0 Å². The van der Waals surface area contributed by atoms with Crippen molar-refractivity contribution in [1.82, 2.24) is 10.2 Å². The highest BCUT2D eigenvalue weighted by atomic mass is 16.5. The van der Waals surface area contributed by atoms with Crippen LogP contribution in [0.5, 0.6) is 0 Å². The van der Waals surface area contributed by atoms with Crippen LogP contribution >= 0.6 is 0 Å². The van der Waals surface area contributed by atoms with Crippen molar-refractivity contribution < 1.29 is 4.74 Å². The van der Waals surface area contributed by atoms with Crippen molar-refractivity contribution in [3.8, 4) is 0 Å². The standard InChI is InChI=1S/C18H26N2O/c1-19-17(10-14-9-13-5-2-3-7-16(13)14)18-11-20-8-4-6-15(20)12-21-18/h2-3,5,7,14-15,17-19H,4,6,8-12H2,1H3. The highest BCUT2D eigenvalue weighted by Crippen LogP contribution is 2.39. The second-order valence-electron chi connectivity index (χ2n) is 6.89. The number of nitrogens with one attached hydrogen (secondary N) is 1. The molecule has 1 aliphatic carbocycles. The van der Waals surface area contributed by atoms with Crippen LogP contribution < -0.4 is 5.32 Å². The van der Waals surface area contributed by atoms with E-state index in [1.165, 1.54) is 32.2 Å². The zero-order valence-electron chi connectivity index (χ0n) is 12.9. The fourth-order valence-electron chi connectivity index (χ4n) is 4.42. The first-order valence-corrected chi connectivity index (χ1v) is 8.46. The van der Waals surface area contributed by atoms with Gasteiger partial charge in [0.25, 0.3) is 0 Å². The molecule has 1 N–H and O–H groups in total. The minimum Gasteiger partial charge on any atom is -0.374 e. The Bertz CT molecular complexity index is 504. The van der Waals surface area contributed by atoms with E-state index in [-0.39, 0.29) is 0 Å². The van der Waals surface area contributed by atoms with Crippen molar-refractivity contribution in [3.63, 3.8) is 0 Å². The van der Waals surface area contributed by atoms with Crippen LogP contribution in [0.15, 0.2) is 24.3 Å². The summed E-state index contributed by atoms with van der Waals surface area (Å²) in [7, 11) is 2.09. The molecule has 3 heteroatoms. The number of hydrogen-bond donors (Lipinski definition) is 1. The van der Waals surface area contributed by atoms with Crippen LogP contribution in [0.25, 0.3) is 0 Å². The molecule has 2 heterocycles. The molecule has 0 spiro atoms. The fourth-order valence-corrected chi connectivity index (χ4v) is 4.42. The van der Waals surface area contributed by atoms with Gasteiger partial charge in [0.1, 0.15) is 0 Å². The topological polar surface area (TPSA) is 24.5 Å². The van der Waals surface area contributed by atoms with Gasteiger partial charge in [0.05, 0.1) is 12.7 Å². The molecule has 2 aliphatic heterocycles. The van der Waals surface area contributed by atoms with Gasteiger partial charge in [-0.3, -0.25) is 4.90 Å². The van der Waals surface area contributed by atoms with E-state index >= 15 is 0 Å². The number of fused-ring (bicyclic) bond motifs is 2. The lowest BCUT2D eigenvalue weighted by atomic mass is 9.74. The van der Waals surface area contributed by atoms with Crippen molar-refractivity contribution in [1.29, 1.82) is 0 Å². The smallest absolute Gasteiger partial charge is 0.0855 e. The van der Waals surface area contributed by atoms with Crippen LogP contribution in [0.2, 0.25) is 0 Å². The van der Waals surface area contributed by atoms with Crippen LogP contribution in [0.4, 0.5) is 0 Å². The van der Waals surface area contributed by atoms with Gasteiger partial charge in [-0.1, -0.05) is 24.3 Å². The van der Waals surface area contributed by atoms with Gasteiger partial charge < -0.3 is 10.1 Å². The minimum atomic E-state index is 0.358. The molecule has 1 aromatic rings. The Morgan fingerprint density at radius 1 is 1.38 bits per heavy atom. The quantitative estimate of drug-likeness (QED) is 0.918. The Labute approximate surface area is 127 Å². The molecular weight excluding hydrogens is 260 g/mol. The molecule has 114 valence electrons. The third-order valence-corrected chi connectivity index (χ3v) is 5.74. The van der Waals surface area contributed by atoms with Gasteiger partial charge in [-0.05, 0) is 56.3 Å². The van der Waals surface area contributed by atoms with Gasteiger partial charge in [-0.15, -0.1) is 0 Å². The molecule has 2 fully saturated rings. The van der Waals surface area contributed by atoms with Gasteiger partial charge >= 0.3 is 0 Å². The Morgan fingerprint density at radius 2 is 2.29 bits per heavy atom. The minimum absolute atomic E-state index is 0.358. The normalized spacial score (nSPS) is 33.1. The van der Waals surface area contributed by atoms with E-state index in [0.29, 0.717) is 18.2 Å². The molecule has 0 bridgehead atoms. The van der Waals surface area contributed by atoms with E-state index < -0.39 is 0 Å². The third kappa shape index (κ3) is 2.52. The number of rotatable bonds is 4. The van der Waals surface area contributed by atoms with Crippen LogP contribution in [0.1, 0.15) is 36.3 Å². The summed E-state index contributed by atoms with van der Waals surface area (Å²) in [6, 6.07) is 10.1. The summed E-state index contributed by atoms with van der Waals surface area (Å²) in [5.41, 5.74) is 3.11. The van der Waals surface area contributed by atoms with E-state index in [0.717, 1.165) is 19.1 Å². The number of nitrogens with zero attached hydrogens (tertiary/aromatic N) is 1. The van der Waals surface area contributed by atoms with Crippen molar-refractivity contribution in [2.75, 3.05) is 26.7 Å². The van der Waals surface area contributed by atoms with Crippen molar-refractivity contribution >= 4 is 0 Å². The van der Waals surface area contributed by atoms with Crippen LogP contribution in [0.3, 0.4) is 0 Å². The van der Waals surface area contributed by atoms with Crippen LogP contribution in [0, 0.1) is 0 Å². The Hall–Kier alpha value is -0.900. The Morgan fingerprint density at radius 3 is 3.14 bits per heavy atom. The zero-order chi connectivity index (χ0) is 14.2. The van der Waals surface area contributed by atoms with Crippen LogP contribution in [-0.4, -0.2) is 49.8 Å². The number of hydrogen-bond acceptors (Lipinski definition) is 3. The second-order valence-corrected chi connectivity index (χ2v) is 6.89. The summed E-state index contributed by atoms with van der Waals surface area (Å²) >= 11 is 0. The van der Waals surface area contributed by atoms with E-state index in [1.54, 1.807) is 11.1 Å². The highest BCUT2D eigenvalue weighted by molar-refractivity contribution is 5.40. The second kappa shape index (κ2) is 5.71. The number of likely N-dealkylation sites (N-methyl/N-ethyl adjacent to an activating group) is 1. The lowest BCUT2D eigenvalue weighted by Crippen LogP contribution is -2.54. The van der Waals surface area contributed by atoms with Gasteiger partial charge in [0.15, 0.2) is 0 Å². The summed E-state index contributed by atoms with van der Waals surface area (Å²) < 4.78 is 6.20. The van der Waals surface area contributed by atoms with Crippen LogP contribution in [-0.2, 0) is 11.2 Å². The highest BCUT2D eigenvalue weighted by Gasteiger charge is 2.37. The van der Waals surface area contributed by atoms with Crippen molar-refractivity contribution in [3.05, 3.63) is 35.4 Å². The lowest BCUT2D eigenvalue weighted by Gasteiger charge is -2.41. The maximum atomic E-state index is 6.20. The van der Waals surface area contributed by atoms with E-state index in [2.05, 4.69) is 41.5 Å². The molecule has 0 amide bonds. The molecular formula is C18H26N2O. The van der Waals surface area contributed by atoms with Gasteiger partial charge in [-0.2, -0.15) is 0 Å². The first-order valence-electron chi connectivity index (χ1n) is 8.46. The predicted octanol–water partition coefficient (Wildman–Crippen LogP) is 2.17. The van der Waals surface area contributed by atoms with Crippen molar-refractivity contribution in [2.24, 2.45) is 0 Å². The number of benzene rings is 1. The summed E-state index contributed by atoms with van der Waals surface area (Å²) in [4.78, 5) is 2.65. The maximum absolute atomic E-state index is 6.20.